The Balaban J connectivity index is 2.07. The van der Waals surface area contributed by atoms with Gasteiger partial charge in [-0.2, -0.15) is 0 Å². The number of nitrogens with two attached hydrogens (primary N) is 1. The first-order valence-electron chi connectivity index (χ1n) is 6.40. The van der Waals surface area contributed by atoms with Crippen molar-refractivity contribution in [3.05, 3.63) is 69.7 Å². The highest BCUT2D eigenvalue weighted by Crippen LogP contribution is 2.17. The number of thiocarbonyl (C=S) groups is 1. The number of nitrogens with one attached hydrogen (secondary N) is 1. The highest BCUT2D eigenvalue weighted by atomic mass is 35.5. The molecule has 0 saturated heterocycles. The second kappa shape index (κ2) is 6.70. The minimum absolute atomic E-state index is 0.208. The van der Waals surface area contributed by atoms with E-state index in [0.29, 0.717) is 22.1 Å². The molecule has 0 aliphatic carbocycles. The number of hydrogen-bond acceptors (Lipinski definition) is 2. The van der Waals surface area contributed by atoms with Crippen LogP contribution in [0.15, 0.2) is 42.5 Å². The van der Waals surface area contributed by atoms with Crippen molar-refractivity contribution < 1.29 is 4.79 Å². The summed E-state index contributed by atoms with van der Waals surface area (Å²) in [6.45, 7) is 2.31. The predicted molar refractivity (Wildman–Crippen MR) is 89.7 cm³/mol. The van der Waals surface area contributed by atoms with Crippen LogP contribution in [0.25, 0.3) is 0 Å². The van der Waals surface area contributed by atoms with Gasteiger partial charge in [0.2, 0.25) is 0 Å². The van der Waals surface area contributed by atoms with E-state index >= 15 is 0 Å². The molecular formula is C16H15ClN2OS. The number of aryl methyl sites for hydroxylation is 1. The number of rotatable bonds is 4. The molecule has 5 heteroatoms. The molecule has 1 amide bonds. The van der Waals surface area contributed by atoms with E-state index in [2.05, 4.69) is 5.32 Å². The summed E-state index contributed by atoms with van der Waals surface area (Å²) in [4.78, 5) is 12.5. The largest absolute Gasteiger partial charge is 0.389 e. The Hall–Kier alpha value is -1.91. The van der Waals surface area contributed by atoms with E-state index in [1.165, 1.54) is 0 Å². The Kier molecular flexibility index (Phi) is 4.94. The summed E-state index contributed by atoms with van der Waals surface area (Å²) in [5, 5.41) is 3.28. The summed E-state index contributed by atoms with van der Waals surface area (Å²) in [5.74, 6) is -0.208. The molecule has 3 N–H and O–H groups in total. The maximum absolute atomic E-state index is 12.1. The van der Waals surface area contributed by atoms with Crippen LogP contribution in [0.2, 0.25) is 5.02 Å². The zero-order valence-electron chi connectivity index (χ0n) is 11.5. The van der Waals surface area contributed by atoms with Crippen LogP contribution in [-0.4, -0.2) is 10.9 Å². The third-order valence-electron chi connectivity index (χ3n) is 3.03. The third kappa shape index (κ3) is 4.03. The number of halogens is 1. The molecule has 2 aromatic carbocycles. The van der Waals surface area contributed by atoms with E-state index in [-0.39, 0.29) is 5.91 Å². The average Bonchev–Trinajstić information content (AvgIpc) is 2.45. The lowest BCUT2D eigenvalue weighted by Crippen LogP contribution is -2.23. The van der Waals surface area contributed by atoms with Gasteiger partial charge in [0.25, 0.3) is 5.91 Å². The summed E-state index contributed by atoms with van der Waals surface area (Å²) in [6, 6.07) is 12.8. The van der Waals surface area contributed by atoms with Crippen molar-refractivity contribution in [3.8, 4) is 0 Å². The molecule has 0 bridgehead atoms. The highest BCUT2D eigenvalue weighted by molar-refractivity contribution is 7.80. The summed E-state index contributed by atoms with van der Waals surface area (Å²) in [6.07, 6.45) is 0. The number of carbonyl (C=O) groups excluding carboxylic acids is 1. The molecule has 0 aromatic heterocycles. The van der Waals surface area contributed by atoms with Crippen LogP contribution < -0.4 is 11.1 Å². The van der Waals surface area contributed by atoms with Gasteiger partial charge in [-0.25, -0.2) is 0 Å². The Morgan fingerprint density at radius 3 is 2.71 bits per heavy atom. The van der Waals surface area contributed by atoms with E-state index in [4.69, 9.17) is 29.6 Å². The van der Waals surface area contributed by atoms with Crippen molar-refractivity contribution in [1.29, 1.82) is 0 Å². The first-order chi connectivity index (χ1) is 9.97. The molecule has 108 valence electrons. The fourth-order valence-electron chi connectivity index (χ4n) is 1.92. The van der Waals surface area contributed by atoms with Gasteiger partial charge in [-0.05, 0) is 36.2 Å². The van der Waals surface area contributed by atoms with Crippen LogP contribution in [0.3, 0.4) is 0 Å². The summed E-state index contributed by atoms with van der Waals surface area (Å²) in [7, 11) is 0. The summed E-state index contributed by atoms with van der Waals surface area (Å²) < 4.78 is 0. The fraction of sp³-hybridized carbons (Fsp3) is 0.125. The van der Waals surface area contributed by atoms with Gasteiger partial charge >= 0.3 is 0 Å². The normalized spacial score (nSPS) is 10.2. The summed E-state index contributed by atoms with van der Waals surface area (Å²) in [5.41, 5.74) is 8.78. The smallest absolute Gasteiger partial charge is 0.253 e. The van der Waals surface area contributed by atoms with E-state index in [1.807, 2.05) is 37.3 Å². The van der Waals surface area contributed by atoms with Gasteiger partial charge in [0.1, 0.15) is 4.99 Å². The molecule has 0 atom stereocenters. The Labute approximate surface area is 134 Å². The second-order valence-electron chi connectivity index (χ2n) is 4.73. The lowest BCUT2D eigenvalue weighted by atomic mass is 10.1. The lowest BCUT2D eigenvalue weighted by Gasteiger charge is -2.08. The zero-order chi connectivity index (χ0) is 15.4. The minimum atomic E-state index is -0.208. The van der Waals surface area contributed by atoms with Crippen molar-refractivity contribution >= 4 is 34.7 Å². The molecule has 21 heavy (non-hydrogen) atoms. The van der Waals surface area contributed by atoms with Gasteiger partial charge in [-0.15, -0.1) is 0 Å². The van der Waals surface area contributed by atoms with E-state index in [0.717, 1.165) is 16.7 Å². The SMILES string of the molecule is Cc1ccc(C(=O)NCc2cccc(C(N)=S)c2)c(Cl)c1. The second-order valence-corrected chi connectivity index (χ2v) is 5.58. The topological polar surface area (TPSA) is 55.1 Å². The molecule has 3 nitrogen and oxygen atoms in total. The standard InChI is InChI=1S/C16H15ClN2OS/c1-10-5-6-13(14(17)7-10)16(20)19-9-11-3-2-4-12(8-11)15(18)21/h2-8H,9H2,1H3,(H2,18,21)(H,19,20). The van der Waals surface area contributed by atoms with Gasteiger partial charge in [-0.3, -0.25) is 4.79 Å². The Bertz CT molecular complexity index is 700. The van der Waals surface area contributed by atoms with E-state index in [9.17, 15) is 4.79 Å². The van der Waals surface area contributed by atoms with Crippen LogP contribution in [0.5, 0.6) is 0 Å². The van der Waals surface area contributed by atoms with Crippen LogP contribution in [0.1, 0.15) is 27.0 Å². The van der Waals surface area contributed by atoms with Gasteiger partial charge in [0, 0.05) is 12.1 Å². The van der Waals surface area contributed by atoms with Crippen molar-refractivity contribution in [3.63, 3.8) is 0 Å². The van der Waals surface area contributed by atoms with Crippen molar-refractivity contribution in [2.45, 2.75) is 13.5 Å². The van der Waals surface area contributed by atoms with Gasteiger partial charge in [-0.1, -0.05) is 48.1 Å². The first-order valence-corrected chi connectivity index (χ1v) is 7.19. The molecule has 0 unspecified atom stereocenters. The van der Waals surface area contributed by atoms with E-state index < -0.39 is 0 Å². The maximum atomic E-state index is 12.1. The molecule has 0 spiro atoms. The molecule has 0 aliphatic heterocycles. The van der Waals surface area contributed by atoms with Crippen molar-refractivity contribution in [2.75, 3.05) is 0 Å². The molecular weight excluding hydrogens is 304 g/mol. The van der Waals surface area contributed by atoms with Crippen LogP contribution in [0.4, 0.5) is 0 Å². The Morgan fingerprint density at radius 1 is 1.29 bits per heavy atom. The number of amides is 1. The molecule has 0 radical (unpaired) electrons. The van der Waals surface area contributed by atoms with Crippen molar-refractivity contribution in [1.82, 2.24) is 5.32 Å². The number of carbonyl (C=O) groups is 1. The monoisotopic (exact) mass is 318 g/mol. The minimum Gasteiger partial charge on any atom is -0.389 e. The molecule has 0 aliphatic rings. The number of hydrogen-bond donors (Lipinski definition) is 2. The quantitative estimate of drug-likeness (QED) is 0.851. The summed E-state index contributed by atoms with van der Waals surface area (Å²) >= 11 is 11.0. The van der Waals surface area contributed by atoms with Crippen molar-refractivity contribution in [2.24, 2.45) is 5.73 Å². The molecule has 2 rings (SSSR count). The average molecular weight is 319 g/mol. The fourth-order valence-corrected chi connectivity index (χ4v) is 2.36. The van der Waals surface area contributed by atoms with Gasteiger partial charge in [0.15, 0.2) is 0 Å². The third-order valence-corrected chi connectivity index (χ3v) is 3.58. The first kappa shape index (κ1) is 15.5. The molecule has 2 aromatic rings. The van der Waals surface area contributed by atoms with Crippen LogP contribution >= 0.6 is 23.8 Å². The van der Waals surface area contributed by atoms with Crippen LogP contribution in [-0.2, 0) is 6.54 Å². The number of benzene rings is 2. The highest BCUT2D eigenvalue weighted by Gasteiger charge is 2.10. The van der Waals surface area contributed by atoms with Gasteiger partial charge < -0.3 is 11.1 Å². The van der Waals surface area contributed by atoms with E-state index in [1.54, 1.807) is 12.1 Å². The molecule has 0 saturated carbocycles. The predicted octanol–water partition coefficient (Wildman–Crippen LogP) is 3.21. The Morgan fingerprint density at radius 2 is 2.05 bits per heavy atom. The van der Waals surface area contributed by atoms with Gasteiger partial charge in [0.05, 0.1) is 10.6 Å². The lowest BCUT2D eigenvalue weighted by molar-refractivity contribution is 0.0951. The molecule has 0 fully saturated rings. The molecule has 0 heterocycles. The maximum Gasteiger partial charge on any atom is 0.253 e. The van der Waals surface area contributed by atoms with Crippen LogP contribution in [0, 0.1) is 6.92 Å². The zero-order valence-corrected chi connectivity index (χ0v) is 13.1.